The fourth-order valence-corrected chi connectivity index (χ4v) is 2.04. The van der Waals surface area contributed by atoms with Gasteiger partial charge in [-0.25, -0.2) is 0 Å². The molecule has 0 fully saturated rings. The van der Waals surface area contributed by atoms with Crippen molar-refractivity contribution in [2.75, 3.05) is 0 Å². The Balaban J connectivity index is 0.00000147. The molecule has 0 aliphatic carbocycles. The first-order valence-electron chi connectivity index (χ1n) is 6.13. The van der Waals surface area contributed by atoms with E-state index >= 15 is 0 Å². The van der Waals surface area contributed by atoms with Gasteiger partial charge < -0.3 is 5.11 Å². The Bertz CT molecular complexity index is 664. The molecule has 94 valence electrons. The Morgan fingerprint density at radius 2 is 1.15 bits per heavy atom. The molecule has 0 atom stereocenters. The fourth-order valence-electron chi connectivity index (χ4n) is 2.04. The second-order valence-electron chi connectivity index (χ2n) is 4.37. The van der Waals surface area contributed by atoms with E-state index in [9.17, 15) is 5.11 Å². The maximum atomic E-state index is 9.29. The number of nitrogens with zero attached hydrogens (tertiary/aromatic N) is 1. The van der Waals surface area contributed by atoms with E-state index < -0.39 is 0 Å². The van der Waals surface area contributed by atoms with E-state index in [1.54, 1.807) is 18.3 Å². The Morgan fingerprint density at radius 1 is 0.650 bits per heavy atom. The van der Waals surface area contributed by atoms with Gasteiger partial charge in [-0.05, 0) is 40.5 Å². The third-order valence-corrected chi connectivity index (χ3v) is 3.08. The van der Waals surface area contributed by atoms with E-state index in [0.717, 1.165) is 22.3 Å². The molecule has 1 N–H and O–H groups in total. The van der Waals surface area contributed by atoms with Crippen LogP contribution in [0.1, 0.15) is 0 Å². The molecule has 3 heteroatoms. The molecule has 0 spiro atoms. The molecular weight excluding hydrogens is 241 g/mol. The van der Waals surface area contributed by atoms with Crippen molar-refractivity contribution in [3.63, 3.8) is 0 Å². The molecule has 3 rings (SSSR count). The van der Waals surface area contributed by atoms with Gasteiger partial charge in [-0.15, -0.1) is 0 Å². The van der Waals surface area contributed by atoms with E-state index in [-0.39, 0.29) is 24.6 Å². The number of hydrogen-bond donors (Lipinski definition) is 1. The Kier molecular flexibility index (Phi) is 4.63. The molecule has 0 saturated carbocycles. The fraction of sp³-hybridized carbons (Fsp3) is 0. The summed E-state index contributed by atoms with van der Waals surface area (Å²) in [5.74, 6) is 0.288. The van der Waals surface area contributed by atoms with Crippen molar-refractivity contribution in [1.82, 2.24) is 4.98 Å². The summed E-state index contributed by atoms with van der Waals surface area (Å²) in [5.41, 5.74) is 4.48. The van der Waals surface area contributed by atoms with Crippen molar-refractivity contribution in [2.24, 2.45) is 0 Å². The minimum atomic E-state index is 0. The van der Waals surface area contributed by atoms with Crippen LogP contribution in [0.2, 0.25) is 0 Å². The van der Waals surface area contributed by atoms with E-state index in [0.29, 0.717) is 0 Å². The van der Waals surface area contributed by atoms with Crippen LogP contribution in [0, 0.1) is 0 Å². The second kappa shape index (κ2) is 6.43. The third-order valence-electron chi connectivity index (χ3n) is 3.08. The SMILES string of the molecule is Oc1ccc(-c2ccc(-c3cccnc3)cc2)cc1.[LiH]. The molecule has 0 aliphatic rings. The summed E-state index contributed by atoms with van der Waals surface area (Å²) in [5, 5.41) is 9.29. The number of phenolic OH excluding ortho intramolecular Hbond substituents is 1. The summed E-state index contributed by atoms with van der Waals surface area (Å²) in [7, 11) is 0. The Hall–Kier alpha value is -2.01. The summed E-state index contributed by atoms with van der Waals surface area (Å²) in [6.07, 6.45) is 3.63. The van der Waals surface area contributed by atoms with Gasteiger partial charge in [0.2, 0.25) is 0 Å². The second-order valence-corrected chi connectivity index (χ2v) is 4.37. The van der Waals surface area contributed by atoms with Gasteiger partial charge in [0.25, 0.3) is 0 Å². The summed E-state index contributed by atoms with van der Waals surface area (Å²) in [6.45, 7) is 0. The van der Waals surface area contributed by atoms with Gasteiger partial charge in [0.05, 0.1) is 0 Å². The molecule has 0 radical (unpaired) electrons. The summed E-state index contributed by atoms with van der Waals surface area (Å²) in [6, 6.07) is 19.5. The molecule has 0 bridgehead atoms. The predicted molar refractivity (Wildman–Crippen MR) is 83.9 cm³/mol. The molecule has 3 aromatic rings. The van der Waals surface area contributed by atoms with E-state index in [2.05, 4.69) is 29.2 Å². The normalized spacial score (nSPS) is 9.80. The number of phenols is 1. The van der Waals surface area contributed by atoms with Crippen LogP contribution >= 0.6 is 0 Å². The molecule has 0 unspecified atom stereocenters. The first-order chi connectivity index (χ1) is 9.33. The number of aromatic hydroxyl groups is 1. The number of aromatic nitrogens is 1. The summed E-state index contributed by atoms with van der Waals surface area (Å²) < 4.78 is 0. The van der Waals surface area contributed by atoms with Crippen molar-refractivity contribution in [3.05, 3.63) is 73.1 Å². The van der Waals surface area contributed by atoms with Crippen LogP contribution < -0.4 is 0 Å². The number of hydrogen-bond acceptors (Lipinski definition) is 2. The quantitative estimate of drug-likeness (QED) is 0.711. The van der Waals surface area contributed by atoms with E-state index in [4.69, 9.17) is 0 Å². The number of pyridine rings is 1. The molecule has 1 heterocycles. The van der Waals surface area contributed by atoms with Crippen LogP contribution in [-0.2, 0) is 0 Å². The minimum absolute atomic E-state index is 0. The maximum absolute atomic E-state index is 9.29. The summed E-state index contributed by atoms with van der Waals surface area (Å²) in [4.78, 5) is 4.12. The molecule has 2 nitrogen and oxygen atoms in total. The molecule has 0 amide bonds. The van der Waals surface area contributed by atoms with Gasteiger partial charge in [0.15, 0.2) is 0 Å². The topological polar surface area (TPSA) is 33.1 Å². The van der Waals surface area contributed by atoms with Crippen molar-refractivity contribution in [2.45, 2.75) is 0 Å². The summed E-state index contributed by atoms with van der Waals surface area (Å²) >= 11 is 0. The molecule has 2 aromatic carbocycles. The molecular formula is C17H14LiNO. The molecule has 0 saturated heterocycles. The van der Waals surface area contributed by atoms with Gasteiger partial charge in [-0.2, -0.15) is 0 Å². The van der Waals surface area contributed by atoms with Crippen LogP contribution in [-0.4, -0.2) is 29.0 Å². The van der Waals surface area contributed by atoms with E-state index in [1.807, 2.05) is 30.5 Å². The van der Waals surface area contributed by atoms with Crippen LogP contribution in [0.25, 0.3) is 22.3 Å². The molecule has 0 aliphatic heterocycles. The van der Waals surface area contributed by atoms with Gasteiger partial charge in [-0.1, -0.05) is 42.5 Å². The first kappa shape index (κ1) is 14.4. The average Bonchev–Trinajstić information content (AvgIpc) is 2.49. The number of rotatable bonds is 2. The predicted octanol–water partition coefficient (Wildman–Crippen LogP) is 3.47. The standard InChI is InChI=1S/C17H13NO.Li.H/c19-17-9-7-14(8-10-17)13-3-5-15(6-4-13)16-2-1-11-18-12-16;;/h1-12,19H;;. The zero-order valence-corrected chi connectivity index (χ0v) is 10.3. The Labute approximate surface area is 130 Å². The van der Waals surface area contributed by atoms with Crippen molar-refractivity contribution in [1.29, 1.82) is 0 Å². The van der Waals surface area contributed by atoms with Crippen molar-refractivity contribution < 1.29 is 5.11 Å². The van der Waals surface area contributed by atoms with E-state index in [1.165, 1.54) is 0 Å². The third kappa shape index (κ3) is 3.11. The monoisotopic (exact) mass is 255 g/mol. The number of benzene rings is 2. The van der Waals surface area contributed by atoms with Gasteiger partial charge in [0, 0.05) is 12.4 Å². The van der Waals surface area contributed by atoms with Gasteiger partial charge in [-0.3, -0.25) is 4.98 Å². The first-order valence-corrected chi connectivity index (χ1v) is 6.13. The zero-order chi connectivity index (χ0) is 13.1. The van der Waals surface area contributed by atoms with Crippen LogP contribution in [0.5, 0.6) is 5.75 Å². The van der Waals surface area contributed by atoms with Crippen molar-refractivity contribution >= 4 is 18.9 Å². The molecule has 20 heavy (non-hydrogen) atoms. The van der Waals surface area contributed by atoms with Crippen LogP contribution in [0.4, 0.5) is 0 Å². The van der Waals surface area contributed by atoms with Crippen molar-refractivity contribution in [3.8, 4) is 28.0 Å². The van der Waals surface area contributed by atoms with Crippen LogP contribution in [0.15, 0.2) is 73.1 Å². The molecule has 1 aromatic heterocycles. The van der Waals surface area contributed by atoms with Gasteiger partial charge in [0.1, 0.15) is 5.75 Å². The van der Waals surface area contributed by atoms with Crippen LogP contribution in [0.3, 0.4) is 0 Å². The Morgan fingerprint density at radius 3 is 1.65 bits per heavy atom. The average molecular weight is 255 g/mol. The van der Waals surface area contributed by atoms with Gasteiger partial charge >= 0.3 is 18.9 Å². The zero-order valence-electron chi connectivity index (χ0n) is 10.3.